The van der Waals surface area contributed by atoms with Crippen LogP contribution in [0.4, 0.5) is 0 Å². The third kappa shape index (κ3) is 1.54. The van der Waals surface area contributed by atoms with Crippen LogP contribution in [0.5, 0.6) is 0 Å². The van der Waals surface area contributed by atoms with Gasteiger partial charge in [0, 0.05) is 6.54 Å². The quantitative estimate of drug-likeness (QED) is 0.791. The van der Waals surface area contributed by atoms with Crippen LogP contribution in [-0.4, -0.2) is 15.0 Å². The summed E-state index contributed by atoms with van der Waals surface area (Å²) in [4.78, 5) is 0. The summed E-state index contributed by atoms with van der Waals surface area (Å²) in [5, 5.41) is 8.36. The minimum Gasteiger partial charge on any atom is -0.325 e. The lowest BCUT2D eigenvalue weighted by molar-refractivity contribution is 0.439. The molecule has 4 heteroatoms. The van der Waals surface area contributed by atoms with Crippen LogP contribution in [0.2, 0.25) is 0 Å². The van der Waals surface area contributed by atoms with Gasteiger partial charge in [-0.25, -0.2) is 4.68 Å². The van der Waals surface area contributed by atoms with Gasteiger partial charge in [0.2, 0.25) is 0 Å². The van der Waals surface area contributed by atoms with E-state index in [9.17, 15) is 0 Å². The van der Waals surface area contributed by atoms with Crippen LogP contribution in [0.25, 0.3) is 0 Å². The van der Waals surface area contributed by atoms with Gasteiger partial charge in [-0.15, -0.1) is 5.10 Å². The van der Waals surface area contributed by atoms with E-state index in [0.29, 0.717) is 12.6 Å². The van der Waals surface area contributed by atoms with Crippen molar-refractivity contribution in [3.63, 3.8) is 0 Å². The summed E-state index contributed by atoms with van der Waals surface area (Å²) in [5.74, 6) is 0. The predicted molar refractivity (Wildman–Crippen MR) is 54.8 cm³/mol. The Labute approximate surface area is 84.5 Å². The molecular weight excluding hydrogens is 176 g/mol. The number of aromatic nitrogens is 3. The second kappa shape index (κ2) is 4.09. The van der Waals surface area contributed by atoms with Gasteiger partial charge >= 0.3 is 0 Å². The van der Waals surface area contributed by atoms with Gasteiger partial charge in [-0.3, -0.25) is 0 Å². The van der Waals surface area contributed by atoms with E-state index in [0.717, 1.165) is 12.1 Å². The Balaban J connectivity index is 2.27. The molecule has 0 amide bonds. The zero-order chi connectivity index (χ0) is 9.97. The number of nitrogens with two attached hydrogens (primary N) is 1. The molecule has 0 unspecified atom stereocenters. The maximum atomic E-state index is 5.62. The average molecular weight is 194 g/mol. The van der Waals surface area contributed by atoms with Crippen molar-refractivity contribution < 1.29 is 0 Å². The molecule has 1 fully saturated rings. The Morgan fingerprint density at radius 3 is 2.71 bits per heavy atom. The summed E-state index contributed by atoms with van der Waals surface area (Å²) in [6, 6.07) is 0.581. The molecule has 1 aliphatic carbocycles. The SMILES string of the molecule is CCc1c(CN)nnn1C1CCCC1. The second-order valence-electron chi connectivity index (χ2n) is 3.92. The molecule has 14 heavy (non-hydrogen) atoms. The number of nitrogens with zero attached hydrogens (tertiary/aromatic N) is 3. The molecular formula is C10H18N4. The monoisotopic (exact) mass is 194 g/mol. The highest BCUT2D eigenvalue weighted by Crippen LogP contribution is 2.30. The molecule has 4 nitrogen and oxygen atoms in total. The van der Waals surface area contributed by atoms with E-state index in [-0.39, 0.29) is 0 Å². The smallest absolute Gasteiger partial charge is 0.0994 e. The van der Waals surface area contributed by atoms with Crippen molar-refractivity contribution >= 4 is 0 Å². The highest BCUT2D eigenvalue weighted by molar-refractivity contribution is 5.10. The molecule has 0 radical (unpaired) electrons. The van der Waals surface area contributed by atoms with Crippen molar-refractivity contribution in [2.75, 3.05) is 0 Å². The van der Waals surface area contributed by atoms with Gasteiger partial charge < -0.3 is 5.73 Å². The van der Waals surface area contributed by atoms with Gasteiger partial charge in [-0.05, 0) is 19.3 Å². The number of rotatable bonds is 3. The van der Waals surface area contributed by atoms with E-state index in [4.69, 9.17) is 5.73 Å². The van der Waals surface area contributed by atoms with E-state index in [1.165, 1.54) is 31.4 Å². The first-order valence-electron chi connectivity index (χ1n) is 5.49. The molecule has 1 aromatic rings. The fourth-order valence-electron chi connectivity index (χ4n) is 2.31. The van der Waals surface area contributed by atoms with Crippen molar-refractivity contribution in [2.24, 2.45) is 5.73 Å². The molecule has 2 N–H and O–H groups in total. The van der Waals surface area contributed by atoms with Crippen molar-refractivity contribution in [3.05, 3.63) is 11.4 Å². The third-order valence-corrected chi connectivity index (χ3v) is 3.07. The fourth-order valence-corrected chi connectivity index (χ4v) is 2.31. The van der Waals surface area contributed by atoms with E-state index in [1.807, 2.05) is 0 Å². The molecule has 0 saturated heterocycles. The van der Waals surface area contributed by atoms with E-state index >= 15 is 0 Å². The Hall–Kier alpha value is -0.900. The highest BCUT2D eigenvalue weighted by Gasteiger charge is 2.21. The third-order valence-electron chi connectivity index (χ3n) is 3.07. The zero-order valence-electron chi connectivity index (χ0n) is 8.74. The second-order valence-corrected chi connectivity index (χ2v) is 3.92. The minimum atomic E-state index is 0.510. The van der Waals surface area contributed by atoms with E-state index in [2.05, 4.69) is 21.9 Å². The van der Waals surface area contributed by atoms with Crippen molar-refractivity contribution in [1.29, 1.82) is 0 Å². The van der Waals surface area contributed by atoms with Crippen LogP contribution in [0, 0.1) is 0 Å². The van der Waals surface area contributed by atoms with Crippen LogP contribution in [-0.2, 0) is 13.0 Å². The summed E-state index contributed by atoms with van der Waals surface area (Å²) in [6.07, 6.45) is 6.13. The first-order valence-corrected chi connectivity index (χ1v) is 5.49. The topological polar surface area (TPSA) is 56.7 Å². The first kappa shape index (κ1) is 9.65. The summed E-state index contributed by atoms with van der Waals surface area (Å²) in [6.45, 7) is 2.65. The molecule has 0 atom stereocenters. The number of hydrogen-bond acceptors (Lipinski definition) is 3. The normalized spacial score (nSPS) is 17.9. The molecule has 2 rings (SSSR count). The largest absolute Gasteiger partial charge is 0.325 e. The molecule has 0 spiro atoms. The van der Waals surface area contributed by atoms with Crippen molar-refractivity contribution in [2.45, 2.75) is 51.6 Å². The summed E-state index contributed by atoms with van der Waals surface area (Å²) < 4.78 is 2.11. The molecule has 1 saturated carbocycles. The first-order chi connectivity index (χ1) is 6.86. The Morgan fingerprint density at radius 2 is 2.14 bits per heavy atom. The van der Waals surface area contributed by atoms with Crippen molar-refractivity contribution in [3.8, 4) is 0 Å². The highest BCUT2D eigenvalue weighted by atomic mass is 15.4. The molecule has 0 aromatic carbocycles. The van der Waals surface area contributed by atoms with Crippen LogP contribution in [0.3, 0.4) is 0 Å². The Morgan fingerprint density at radius 1 is 1.43 bits per heavy atom. The molecule has 0 aliphatic heterocycles. The van der Waals surface area contributed by atoms with E-state index < -0.39 is 0 Å². The Bertz CT molecular complexity index is 299. The zero-order valence-corrected chi connectivity index (χ0v) is 8.74. The van der Waals surface area contributed by atoms with Crippen LogP contribution >= 0.6 is 0 Å². The summed E-state index contributed by atoms with van der Waals surface area (Å²) in [5.41, 5.74) is 7.83. The lowest BCUT2D eigenvalue weighted by Crippen LogP contribution is -2.11. The average Bonchev–Trinajstić information content (AvgIpc) is 2.85. The van der Waals surface area contributed by atoms with Crippen LogP contribution < -0.4 is 5.73 Å². The van der Waals surface area contributed by atoms with Gasteiger partial charge in [-0.1, -0.05) is 25.0 Å². The van der Waals surface area contributed by atoms with Crippen LogP contribution in [0.15, 0.2) is 0 Å². The van der Waals surface area contributed by atoms with Gasteiger partial charge in [0.05, 0.1) is 17.4 Å². The lowest BCUT2D eigenvalue weighted by atomic mass is 10.2. The lowest BCUT2D eigenvalue weighted by Gasteiger charge is -2.12. The maximum absolute atomic E-state index is 5.62. The maximum Gasteiger partial charge on any atom is 0.0994 e. The van der Waals surface area contributed by atoms with Gasteiger partial charge in [0.1, 0.15) is 0 Å². The minimum absolute atomic E-state index is 0.510. The van der Waals surface area contributed by atoms with Crippen molar-refractivity contribution in [1.82, 2.24) is 15.0 Å². The molecule has 1 aromatic heterocycles. The van der Waals surface area contributed by atoms with Gasteiger partial charge in [0.25, 0.3) is 0 Å². The standard InChI is InChI=1S/C10H18N4/c1-2-10-9(7-11)12-13-14(10)8-5-3-4-6-8/h8H,2-7,11H2,1H3. The van der Waals surface area contributed by atoms with Gasteiger partial charge in [0.15, 0.2) is 0 Å². The van der Waals surface area contributed by atoms with E-state index in [1.54, 1.807) is 0 Å². The van der Waals surface area contributed by atoms with Gasteiger partial charge in [-0.2, -0.15) is 0 Å². The van der Waals surface area contributed by atoms with Crippen LogP contribution in [0.1, 0.15) is 50.0 Å². The fraction of sp³-hybridized carbons (Fsp3) is 0.800. The summed E-state index contributed by atoms with van der Waals surface area (Å²) in [7, 11) is 0. The summed E-state index contributed by atoms with van der Waals surface area (Å²) >= 11 is 0. The number of hydrogen-bond donors (Lipinski definition) is 1. The predicted octanol–water partition coefficient (Wildman–Crippen LogP) is 1.41. The molecule has 78 valence electrons. The molecule has 0 bridgehead atoms. The molecule has 1 heterocycles. The Kier molecular flexibility index (Phi) is 2.82. The molecule has 1 aliphatic rings.